The van der Waals surface area contributed by atoms with Crippen LogP contribution in [0.15, 0.2) is 12.1 Å². The zero-order valence-electron chi connectivity index (χ0n) is 14.8. The van der Waals surface area contributed by atoms with Gasteiger partial charge in [0.1, 0.15) is 5.75 Å². The topological polar surface area (TPSA) is 66.9 Å². The van der Waals surface area contributed by atoms with Crippen LogP contribution in [-0.2, 0) is 21.2 Å². The molecule has 134 valence electrons. The van der Waals surface area contributed by atoms with Crippen LogP contribution >= 0.6 is 0 Å². The summed E-state index contributed by atoms with van der Waals surface area (Å²) < 4.78 is 30.2. The summed E-state index contributed by atoms with van der Waals surface area (Å²) in [4.78, 5) is 14.4. The van der Waals surface area contributed by atoms with Gasteiger partial charge >= 0.3 is 0 Å². The van der Waals surface area contributed by atoms with Crippen molar-refractivity contribution in [2.24, 2.45) is 0 Å². The van der Waals surface area contributed by atoms with Gasteiger partial charge in [0, 0.05) is 31.7 Å². The summed E-state index contributed by atoms with van der Waals surface area (Å²) in [5.74, 6) is 0.740. The van der Waals surface area contributed by atoms with Crippen molar-refractivity contribution in [2.45, 2.75) is 26.7 Å². The predicted molar refractivity (Wildman–Crippen MR) is 93.8 cm³/mol. The van der Waals surface area contributed by atoms with Gasteiger partial charge in [-0.2, -0.15) is 0 Å². The van der Waals surface area contributed by atoms with Crippen molar-refractivity contribution in [3.05, 3.63) is 28.8 Å². The Bertz CT molecular complexity index is 716. The maximum atomic E-state index is 12.7. The van der Waals surface area contributed by atoms with Crippen molar-refractivity contribution < 1.29 is 17.9 Å². The van der Waals surface area contributed by atoms with E-state index in [9.17, 15) is 13.2 Å². The van der Waals surface area contributed by atoms with E-state index >= 15 is 0 Å². The lowest BCUT2D eigenvalue weighted by Gasteiger charge is -2.22. The molecule has 1 amide bonds. The van der Waals surface area contributed by atoms with Crippen molar-refractivity contribution in [1.82, 2.24) is 9.21 Å². The fourth-order valence-electron chi connectivity index (χ4n) is 3.11. The van der Waals surface area contributed by atoms with Crippen LogP contribution in [0.3, 0.4) is 0 Å². The normalized spacial score (nSPS) is 16.8. The average molecular weight is 354 g/mol. The number of nitrogens with zero attached hydrogens (tertiary/aromatic N) is 2. The Morgan fingerprint density at radius 3 is 2.50 bits per heavy atom. The highest BCUT2D eigenvalue weighted by molar-refractivity contribution is 7.88. The maximum Gasteiger partial charge on any atom is 0.227 e. The van der Waals surface area contributed by atoms with Crippen molar-refractivity contribution in [1.29, 1.82) is 0 Å². The third kappa shape index (κ3) is 4.48. The quantitative estimate of drug-likeness (QED) is 0.819. The first-order valence-electron chi connectivity index (χ1n) is 8.09. The summed E-state index contributed by atoms with van der Waals surface area (Å²) >= 11 is 0. The number of amides is 1. The van der Waals surface area contributed by atoms with Crippen molar-refractivity contribution >= 4 is 15.9 Å². The van der Waals surface area contributed by atoms with E-state index in [1.54, 1.807) is 12.0 Å². The fraction of sp³-hybridized carbons (Fsp3) is 0.588. The summed E-state index contributed by atoms with van der Waals surface area (Å²) in [6.07, 6.45) is 2.14. The van der Waals surface area contributed by atoms with Crippen LogP contribution in [0, 0.1) is 13.8 Å². The molecule has 2 rings (SSSR count). The number of sulfonamides is 1. The second-order valence-electron chi connectivity index (χ2n) is 6.34. The number of hydrogen-bond donors (Lipinski definition) is 0. The Morgan fingerprint density at radius 2 is 1.88 bits per heavy atom. The summed E-state index contributed by atoms with van der Waals surface area (Å²) in [5, 5.41) is 0. The van der Waals surface area contributed by atoms with Gasteiger partial charge in [0.25, 0.3) is 0 Å². The van der Waals surface area contributed by atoms with Crippen LogP contribution in [0.5, 0.6) is 5.75 Å². The number of aryl methyl sites for hydroxylation is 2. The van der Waals surface area contributed by atoms with Gasteiger partial charge in [-0.25, -0.2) is 12.7 Å². The lowest BCUT2D eigenvalue weighted by Crippen LogP contribution is -2.37. The fourth-order valence-corrected chi connectivity index (χ4v) is 3.98. The molecule has 1 aromatic carbocycles. The molecule has 1 fully saturated rings. The zero-order valence-corrected chi connectivity index (χ0v) is 15.6. The predicted octanol–water partition coefficient (Wildman–Crippen LogP) is 1.35. The molecule has 0 unspecified atom stereocenters. The van der Waals surface area contributed by atoms with Gasteiger partial charge in [-0.1, -0.05) is 6.07 Å². The molecule has 1 aliphatic rings. The number of methoxy groups -OCH3 is 1. The van der Waals surface area contributed by atoms with Gasteiger partial charge in [-0.15, -0.1) is 0 Å². The Kier molecular flexibility index (Phi) is 5.87. The molecule has 0 aliphatic carbocycles. The van der Waals surface area contributed by atoms with Crippen LogP contribution in [0.4, 0.5) is 0 Å². The molecule has 0 saturated carbocycles. The lowest BCUT2D eigenvalue weighted by molar-refractivity contribution is -0.130. The Balaban J connectivity index is 2.11. The minimum Gasteiger partial charge on any atom is -0.496 e. The van der Waals surface area contributed by atoms with Crippen LogP contribution in [0.1, 0.15) is 23.1 Å². The van der Waals surface area contributed by atoms with E-state index in [1.807, 2.05) is 26.0 Å². The van der Waals surface area contributed by atoms with E-state index in [-0.39, 0.29) is 12.3 Å². The average Bonchev–Trinajstić information content (AvgIpc) is 2.75. The summed E-state index contributed by atoms with van der Waals surface area (Å²) in [6.45, 7) is 5.81. The molecule has 0 bridgehead atoms. The first kappa shape index (κ1) is 18.7. The second-order valence-corrected chi connectivity index (χ2v) is 8.32. The van der Waals surface area contributed by atoms with Gasteiger partial charge in [-0.05, 0) is 37.5 Å². The molecule has 1 aromatic rings. The van der Waals surface area contributed by atoms with E-state index in [4.69, 9.17) is 4.74 Å². The number of ether oxygens (including phenoxy) is 1. The van der Waals surface area contributed by atoms with E-state index in [1.165, 1.54) is 10.6 Å². The van der Waals surface area contributed by atoms with Crippen LogP contribution in [0.2, 0.25) is 0 Å². The number of hydrogen-bond acceptors (Lipinski definition) is 4. The molecule has 0 radical (unpaired) electrons. The third-order valence-electron chi connectivity index (χ3n) is 4.40. The summed E-state index contributed by atoms with van der Waals surface area (Å²) in [7, 11) is -1.59. The first-order chi connectivity index (χ1) is 11.2. The minimum absolute atomic E-state index is 0.00982. The van der Waals surface area contributed by atoms with Gasteiger partial charge in [-0.3, -0.25) is 4.79 Å². The summed E-state index contributed by atoms with van der Waals surface area (Å²) in [6, 6.07) is 3.97. The van der Waals surface area contributed by atoms with E-state index < -0.39 is 10.0 Å². The number of carbonyl (C=O) groups is 1. The zero-order chi connectivity index (χ0) is 17.9. The molecule has 0 spiro atoms. The molecule has 0 N–H and O–H groups in total. The van der Waals surface area contributed by atoms with Crippen molar-refractivity contribution in [3.8, 4) is 5.75 Å². The standard InChI is InChI=1S/C17H26N2O4S/c1-13-10-14(2)15(16(11-13)23-3)12-17(20)18-6-5-7-19(9-8-18)24(4,21)22/h10-11H,5-9,12H2,1-4H3. The Hall–Kier alpha value is -1.60. The molecule has 0 aromatic heterocycles. The van der Waals surface area contributed by atoms with Gasteiger partial charge in [0.15, 0.2) is 0 Å². The highest BCUT2D eigenvalue weighted by atomic mass is 32.2. The molecule has 24 heavy (non-hydrogen) atoms. The van der Waals surface area contributed by atoms with E-state index in [0.29, 0.717) is 32.6 Å². The number of rotatable bonds is 4. The Morgan fingerprint density at radius 1 is 1.17 bits per heavy atom. The maximum absolute atomic E-state index is 12.7. The van der Waals surface area contributed by atoms with E-state index in [0.717, 1.165) is 22.4 Å². The van der Waals surface area contributed by atoms with E-state index in [2.05, 4.69) is 0 Å². The molecule has 1 heterocycles. The SMILES string of the molecule is COc1cc(C)cc(C)c1CC(=O)N1CCCN(S(C)(=O)=O)CC1. The third-order valence-corrected chi connectivity index (χ3v) is 5.70. The molecule has 6 nitrogen and oxygen atoms in total. The molecule has 7 heteroatoms. The molecular weight excluding hydrogens is 328 g/mol. The first-order valence-corrected chi connectivity index (χ1v) is 9.94. The minimum atomic E-state index is -3.20. The molecule has 1 aliphatic heterocycles. The monoisotopic (exact) mass is 354 g/mol. The molecule has 1 saturated heterocycles. The van der Waals surface area contributed by atoms with Gasteiger partial charge in [0.2, 0.25) is 15.9 Å². The summed E-state index contributed by atoms with van der Waals surface area (Å²) in [5.41, 5.74) is 3.03. The smallest absolute Gasteiger partial charge is 0.227 e. The lowest BCUT2D eigenvalue weighted by atomic mass is 10.0. The van der Waals surface area contributed by atoms with Crippen LogP contribution in [-0.4, -0.2) is 63.1 Å². The Labute approximate surface area is 144 Å². The largest absolute Gasteiger partial charge is 0.496 e. The van der Waals surface area contributed by atoms with Gasteiger partial charge < -0.3 is 9.64 Å². The molecular formula is C17H26N2O4S. The number of carbonyl (C=O) groups excluding carboxylic acids is 1. The second kappa shape index (κ2) is 7.53. The highest BCUT2D eigenvalue weighted by Gasteiger charge is 2.24. The molecule has 0 atom stereocenters. The van der Waals surface area contributed by atoms with Crippen LogP contribution < -0.4 is 4.74 Å². The van der Waals surface area contributed by atoms with Gasteiger partial charge in [0.05, 0.1) is 19.8 Å². The number of benzene rings is 1. The van der Waals surface area contributed by atoms with Crippen molar-refractivity contribution in [2.75, 3.05) is 39.5 Å². The highest BCUT2D eigenvalue weighted by Crippen LogP contribution is 2.25. The van der Waals surface area contributed by atoms with Crippen LogP contribution in [0.25, 0.3) is 0 Å². The van der Waals surface area contributed by atoms with Crippen molar-refractivity contribution in [3.63, 3.8) is 0 Å².